The van der Waals surface area contributed by atoms with E-state index in [0.29, 0.717) is 15.9 Å². The highest BCUT2D eigenvalue weighted by Gasteiger charge is 2.47. The summed E-state index contributed by atoms with van der Waals surface area (Å²) in [4.78, 5) is 9.19. The van der Waals surface area contributed by atoms with Crippen molar-refractivity contribution in [3.8, 4) is 22.6 Å². The van der Waals surface area contributed by atoms with Crippen LogP contribution < -0.4 is 0 Å². The molecule has 3 aromatic rings. The quantitative estimate of drug-likeness (QED) is 0.394. The number of halogens is 2. The molecule has 1 saturated heterocycles. The molecule has 2 aromatic carbocycles. The summed E-state index contributed by atoms with van der Waals surface area (Å²) in [6.45, 7) is 1.96. The molecular weight excluding hydrogens is 515 g/mol. The molecule has 6 atom stereocenters. The van der Waals surface area contributed by atoms with Crippen LogP contribution >= 0.6 is 23.2 Å². The molecule has 1 aromatic heterocycles. The molecular formula is C28H30Cl2N2O5. The smallest absolute Gasteiger partial charge is 0.187 e. The third kappa shape index (κ3) is 5.40. The summed E-state index contributed by atoms with van der Waals surface area (Å²) in [6, 6.07) is 13.6. The van der Waals surface area contributed by atoms with Crippen LogP contribution in [0.15, 0.2) is 48.7 Å². The Hall–Kier alpha value is -2.10. The van der Waals surface area contributed by atoms with Gasteiger partial charge in [-0.05, 0) is 61.2 Å². The van der Waals surface area contributed by atoms with Crippen LogP contribution in [-0.2, 0) is 36.5 Å². The van der Waals surface area contributed by atoms with Crippen LogP contribution in [0.1, 0.15) is 18.1 Å². The van der Waals surface area contributed by atoms with Crippen LogP contribution in [0, 0.1) is 0 Å². The van der Waals surface area contributed by atoms with Gasteiger partial charge in [-0.15, -0.1) is 0 Å². The van der Waals surface area contributed by atoms with E-state index in [1.54, 1.807) is 39.7 Å². The van der Waals surface area contributed by atoms with Crippen LogP contribution in [0.2, 0.25) is 10.0 Å². The zero-order chi connectivity index (χ0) is 26.1. The standard InChI is InChI=1S/C28H30Cl2N2O5/c1-15-24(33-2)25(34-3)26(35-4)28(36-15)37-20-12-16-5-6-17(11-18(16)13-20)23-9-10-31-27(32-23)21-8-7-19(29)14-22(21)30/h5-11,14-15,20,24-26,28H,12-13H2,1-4H3/t15-,20?,24-,25+,26+,28-/m0/s1. The van der Waals surface area contributed by atoms with Gasteiger partial charge in [0.2, 0.25) is 0 Å². The minimum atomic E-state index is -0.552. The molecule has 9 heteroatoms. The number of benzene rings is 2. The fraction of sp³-hybridized carbons (Fsp3) is 0.429. The predicted octanol–water partition coefficient (Wildman–Crippen LogP) is 5.39. The van der Waals surface area contributed by atoms with E-state index in [1.807, 2.05) is 19.1 Å². The van der Waals surface area contributed by atoms with E-state index in [0.717, 1.165) is 29.7 Å². The van der Waals surface area contributed by atoms with Gasteiger partial charge in [-0.2, -0.15) is 0 Å². The van der Waals surface area contributed by atoms with Crippen molar-refractivity contribution < 1.29 is 23.7 Å². The first-order chi connectivity index (χ1) is 17.9. The molecule has 0 N–H and O–H groups in total. The molecule has 2 aliphatic rings. The topological polar surface area (TPSA) is 71.9 Å². The maximum atomic E-state index is 6.45. The summed E-state index contributed by atoms with van der Waals surface area (Å²) in [5.74, 6) is 0.553. The SMILES string of the molecule is CO[C@@H]1[C@@H](OC)[C@H](C)O[C@@H](OC2Cc3ccc(-c4ccnc(-c5ccc(Cl)cc5Cl)n4)cc3C2)[C@@H]1OC. The van der Waals surface area contributed by atoms with E-state index >= 15 is 0 Å². The van der Waals surface area contributed by atoms with Crippen LogP contribution in [-0.4, -0.2) is 68.1 Å². The molecule has 1 aliphatic heterocycles. The third-order valence-corrected chi connectivity index (χ3v) is 7.64. The fourth-order valence-corrected chi connectivity index (χ4v) is 5.76. The lowest BCUT2D eigenvalue weighted by atomic mass is 9.99. The Morgan fingerprint density at radius 1 is 0.865 bits per heavy atom. The second-order valence-corrected chi connectivity index (χ2v) is 10.2. The number of rotatable bonds is 7. The average Bonchev–Trinajstić information content (AvgIpc) is 3.30. The average molecular weight is 545 g/mol. The third-order valence-electron chi connectivity index (χ3n) is 7.10. The molecule has 7 nitrogen and oxygen atoms in total. The lowest BCUT2D eigenvalue weighted by molar-refractivity contribution is -0.314. The molecule has 0 radical (unpaired) electrons. The number of aromatic nitrogens is 2. The Labute approximate surface area is 227 Å². The van der Waals surface area contributed by atoms with E-state index < -0.39 is 12.4 Å². The molecule has 0 amide bonds. The van der Waals surface area contributed by atoms with Gasteiger partial charge in [0.05, 0.1) is 22.9 Å². The highest BCUT2D eigenvalue weighted by molar-refractivity contribution is 6.36. The van der Waals surface area contributed by atoms with Gasteiger partial charge in [-0.3, -0.25) is 0 Å². The molecule has 1 aliphatic carbocycles. The van der Waals surface area contributed by atoms with Gasteiger partial charge in [0.15, 0.2) is 12.1 Å². The van der Waals surface area contributed by atoms with E-state index in [1.165, 1.54) is 11.1 Å². The van der Waals surface area contributed by atoms with E-state index in [2.05, 4.69) is 23.2 Å². The fourth-order valence-electron chi connectivity index (χ4n) is 5.27. The molecule has 196 valence electrons. The van der Waals surface area contributed by atoms with Crippen molar-refractivity contribution in [2.24, 2.45) is 0 Å². The molecule has 5 rings (SSSR count). The number of nitrogens with zero attached hydrogens (tertiary/aromatic N) is 2. The van der Waals surface area contributed by atoms with Crippen LogP contribution in [0.4, 0.5) is 0 Å². The maximum absolute atomic E-state index is 6.45. The number of fused-ring (bicyclic) bond motifs is 1. The van der Waals surface area contributed by atoms with Gasteiger partial charge in [-0.1, -0.05) is 35.3 Å². The summed E-state index contributed by atoms with van der Waals surface area (Å²) in [5, 5.41) is 1.08. The molecule has 37 heavy (non-hydrogen) atoms. The van der Waals surface area contributed by atoms with E-state index in [9.17, 15) is 0 Å². The van der Waals surface area contributed by atoms with Gasteiger partial charge >= 0.3 is 0 Å². The lowest BCUT2D eigenvalue weighted by Gasteiger charge is -2.44. The van der Waals surface area contributed by atoms with Crippen molar-refractivity contribution in [1.29, 1.82) is 0 Å². The summed E-state index contributed by atoms with van der Waals surface area (Å²) in [6.07, 6.45) is 1.59. The normalized spacial score (nSPS) is 27.3. The Morgan fingerprint density at radius 3 is 2.35 bits per heavy atom. The van der Waals surface area contributed by atoms with Gasteiger partial charge in [0, 0.05) is 43.7 Å². The number of hydrogen-bond acceptors (Lipinski definition) is 7. The largest absolute Gasteiger partial charge is 0.376 e. The Bertz CT molecular complexity index is 1260. The zero-order valence-corrected chi connectivity index (χ0v) is 22.7. The number of methoxy groups -OCH3 is 3. The lowest BCUT2D eigenvalue weighted by Crippen LogP contribution is -2.59. The molecule has 1 unspecified atom stereocenters. The number of hydrogen-bond donors (Lipinski definition) is 0. The van der Waals surface area contributed by atoms with Crippen molar-refractivity contribution in [2.75, 3.05) is 21.3 Å². The first-order valence-corrected chi connectivity index (χ1v) is 13.0. The van der Waals surface area contributed by atoms with Gasteiger partial charge in [0.1, 0.15) is 18.3 Å². The van der Waals surface area contributed by atoms with Gasteiger partial charge in [-0.25, -0.2) is 9.97 Å². The highest BCUT2D eigenvalue weighted by Crippen LogP contribution is 2.34. The second kappa shape index (κ2) is 11.3. The maximum Gasteiger partial charge on any atom is 0.187 e. The Kier molecular flexibility index (Phi) is 8.12. The first kappa shape index (κ1) is 26.5. The van der Waals surface area contributed by atoms with Crippen LogP contribution in [0.5, 0.6) is 0 Å². The monoisotopic (exact) mass is 544 g/mol. The summed E-state index contributed by atoms with van der Waals surface area (Å²) in [5.41, 5.74) is 5.04. The van der Waals surface area contributed by atoms with Crippen molar-refractivity contribution in [3.05, 3.63) is 69.8 Å². The Morgan fingerprint density at radius 2 is 1.62 bits per heavy atom. The van der Waals surface area contributed by atoms with Crippen molar-refractivity contribution >= 4 is 23.2 Å². The minimum Gasteiger partial charge on any atom is -0.376 e. The van der Waals surface area contributed by atoms with Crippen molar-refractivity contribution in [1.82, 2.24) is 9.97 Å². The van der Waals surface area contributed by atoms with Crippen LogP contribution in [0.25, 0.3) is 22.6 Å². The molecule has 2 heterocycles. The summed E-state index contributed by atoms with van der Waals surface area (Å²) in [7, 11) is 4.95. The Balaban J connectivity index is 1.32. The minimum absolute atomic E-state index is 0.0365. The summed E-state index contributed by atoms with van der Waals surface area (Å²) >= 11 is 12.4. The second-order valence-electron chi connectivity index (χ2n) is 9.35. The number of ether oxygens (including phenoxy) is 5. The molecule has 0 bridgehead atoms. The summed E-state index contributed by atoms with van der Waals surface area (Å²) < 4.78 is 29.6. The molecule has 0 saturated carbocycles. The van der Waals surface area contributed by atoms with Crippen molar-refractivity contribution in [2.45, 2.75) is 56.6 Å². The molecule has 1 fully saturated rings. The van der Waals surface area contributed by atoms with Crippen molar-refractivity contribution in [3.63, 3.8) is 0 Å². The molecule has 0 spiro atoms. The highest BCUT2D eigenvalue weighted by atomic mass is 35.5. The van der Waals surface area contributed by atoms with Gasteiger partial charge < -0.3 is 23.7 Å². The predicted molar refractivity (Wildman–Crippen MR) is 142 cm³/mol. The van der Waals surface area contributed by atoms with Gasteiger partial charge in [0.25, 0.3) is 0 Å². The van der Waals surface area contributed by atoms with E-state index in [4.69, 9.17) is 51.9 Å². The first-order valence-electron chi connectivity index (χ1n) is 12.2. The van der Waals surface area contributed by atoms with Crippen LogP contribution in [0.3, 0.4) is 0 Å². The zero-order valence-electron chi connectivity index (χ0n) is 21.2. The van der Waals surface area contributed by atoms with E-state index in [-0.39, 0.29) is 24.4 Å².